The molecule has 1 aromatic rings. The van der Waals surface area contributed by atoms with Gasteiger partial charge in [0.15, 0.2) is 0 Å². The molecule has 1 saturated carbocycles. The van der Waals surface area contributed by atoms with E-state index in [1.165, 1.54) is 5.56 Å². The molecule has 0 amide bonds. The third-order valence-electron chi connectivity index (χ3n) is 4.93. The van der Waals surface area contributed by atoms with Gasteiger partial charge in [-0.15, -0.1) is 0 Å². The fourth-order valence-electron chi connectivity index (χ4n) is 4.03. The molecule has 4 rings (SSSR count). The second-order valence-corrected chi connectivity index (χ2v) is 7.66. The van der Waals surface area contributed by atoms with Gasteiger partial charge in [-0.1, -0.05) is 30.3 Å². The second kappa shape index (κ2) is 5.05. The molecule has 2 aliphatic heterocycles. The Morgan fingerprint density at radius 2 is 1.95 bits per heavy atom. The second-order valence-electron chi connectivity index (χ2n) is 6.15. The summed E-state index contributed by atoms with van der Waals surface area (Å²) in [6, 6.07) is 10.7. The van der Waals surface area contributed by atoms with Crippen molar-refractivity contribution in [2.75, 3.05) is 13.1 Å². The van der Waals surface area contributed by atoms with Crippen molar-refractivity contribution in [2.45, 2.75) is 44.0 Å². The van der Waals surface area contributed by atoms with Gasteiger partial charge in [-0.2, -0.15) is 12.7 Å². The van der Waals surface area contributed by atoms with Crippen LogP contribution in [0.25, 0.3) is 0 Å². The number of hydrogen-bond donors (Lipinski definition) is 0. The van der Waals surface area contributed by atoms with Gasteiger partial charge in [0.05, 0.1) is 12.1 Å². The van der Waals surface area contributed by atoms with E-state index in [-0.39, 0.29) is 18.2 Å². The van der Waals surface area contributed by atoms with Crippen LogP contribution in [0.1, 0.15) is 24.8 Å². The molecule has 0 N–H and O–H groups in total. The molecule has 3 fully saturated rings. The van der Waals surface area contributed by atoms with E-state index in [1.807, 2.05) is 6.07 Å². The fourth-order valence-corrected chi connectivity index (χ4v) is 5.54. The minimum atomic E-state index is -3.49. The molecule has 0 spiro atoms. The lowest BCUT2D eigenvalue weighted by Gasteiger charge is -2.46. The molecule has 2 heterocycles. The summed E-state index contributed by atoms with van der Waals surface area (Å²) >= 11 is 0. The quantitative estimate of drug-likeness (QED) is 0.828. The lowest BCUT2D eigenvalue weighted by atomic mass is 9.85. The molecule has 3 aliphatic rings. The van der Waals surface area contributed by atoms with E-state index in [0.717, 1.165) is 32.4 Å². The van der Waals surface area contributed by atoms with Crippen LogP contribution < -0.4 is 0 Å². The van der Waals surface area contributed by atoms with Gasteiger partial charge in [0.2, 0.25) is 0 Å². The van der Waals surface area contributed by atoms with Crippen molar-refractivity contribution < 1.29 is 12.6 Å². The van der Waals surface area contributed by atoms with Crippen LogP contribution in [0.5, 0.6) is 0 Å². The summed E-state index contributed by atoms with van der Waals surface area (Å²) in [5, 5.41) is 0. The van der Waals surface area contributed by atoms with E-state index >= 15 is 0 Å². The number of hydrogen-bond acceptors (Lipinski definition) is 4. The molecule has 5 nitrogen and oxygen atoms in total. The summed E-state index contributed by atoms with van der Waals surface area (Å²) in [6.45, 7) is 2.22. The van der Waals surface area contributed by atoms with Crippen molar-refractivity contribution >= 4 is 10.3 Å². The van der Waals surface area contributed by atoms with Crippen LogP contribution >= 0.6 is 0 Å². The highest BCUT2D eigenvalue weighted by Gasteiger charge is 2.54. The third kappa shape index (κ3) is 2.30. The first-order valence-electron chi connectivity index (χ1n) is 7.63. The maximum atomic E-state index is 12.1. The Balaban J connectivity index is 1.59. The Hall–Kier alpha value is -0.950. The Bertz CT molecular complexity index is 619. The maximum Gasteiger partial charge on any atom is 0.339 e. The van der Waals surface area contributed by atoms with E-state index in [1.54, 1.807) is 4.31 Å². The molecule has 21 heavy (non-hydrogen) atoms. The number of benzene rings is 1. The lowest BCUT2D eigenvalue weighted by Crippen LogP contribution is -2.61. The Morgan fingerprint density at radius 3 is 2.76 bits per heavy atom. The Labute approximate surface area is 125 Å². The first-order chi connectivity index (χ1) is 10.1. The van der Waals surface area contributed by atoms with Crippen LogP contribution in [0.4, 0.5) is 0 Å². The predicted octanol–water partition coefficient (Wildman–Crippen LogP) is 1.37. The monoisotopic (exact) mass is 308 g/mol. The van der Waals surface area contributed by atoms with Crippen molar-refractivity contribution in [1.29, 1.82) is 0 Å². The summed E-state index contributed by atoms with van der Waals surface area (Å²) in [6.07, 6.45) is 2.81. The summed E-state index contributed by atoms with van der Waals surface area (Å²) in [7, 11) is -3.49. The molecule has 0 bridgehead atoms. The Morgan fingerprint density at radius 1 is 1.14 bits per heavy atom. The first-order valence-corrected chi connectivity index (χ1v) is 9.00. The molecule has 3 unspecified atom stereocenters. The molecule has 6 heteroatoms. The number of piperazine rings is 1. The molecular formula is C15H20N2O3S. The van der Waals surface area contributed by atoms with Crippen molar-refractivity contribution in [3.05, 3.63) is 35.9 Å². The fraction of sp³-hybridized carbons (Fsp3) is 0.600. The topological polar surface area (TPSA) is 49.9 Å². The first kappa shape index (κ1) is 13.7. The highest BCUT2D eigenvalue weighted by atomic mass is 32.2. The summed E-state index contributed by atoms with van der Waals surface area (Å²) < 4.78 is 31.1. The van der Waals surface area contributed by atoms with Crippen LogP contribution in [-0.2, 0) is 21.0 Å². The van der Waals surface area contributed by atoms with Gasteiger partial charge in [-0.05, 0) is 24.8 Å². The van der Waals surface area contributed by atoms with Crippen molar-refractivity contribution in [3.63, 3.8) is 0 Å². The minimum absolute atomic E-state index is 0.0150. The molecule has 3 atom stereocenters. The van der Waals surface area contributed by atoms with E-state index < -0.39 is 10.3 Å². The van der Waals surface area contributed by atoms with Gasteiger partial charge in [-0.25, -0.2) is 0 Å². The molecule has 1 aromatic carbocycles. The largest absolute Gasteiger partial charge is 0.339 e. The van der Waals surface area contributed by atoms with E-state index in [2.05, 4.69) is 29.2 Å². The molecular weight excluding hydrogens is 288 g/mol. The van der Waals surface area contributed by atoms with Crippen molar-refractivity contribution in [1.82, 2.24) is 9.21 Å². The standard InChI is InChI=1S/C15H20N2O3S/c18-21(19)17-10-9-16(11-12-5-2-1-3-6-12)13-7-4-8-14(20-21)15(13)17/h1-3,5-6,13-15H,4,7-11H2. The van der Waals surface area contributed by atoms with Gasteiger partial charge >= 0.3 is 10.3 Å². The van der Waals surface area contributed by atoms with E-state index in [0.29, 0.717) is 6.54 Å². The Kier molecular flexibility index (Phi) is 3.29. The molecule has 0 radical (unpaired) electrons. The molecule has 0 aromatic heterocycles. The van der Waals surface area contributed by atoms with E-state index in [9.17, 15) is 8.42 Å². The normalized spacial score (nSPS) is 35.5. The predicted molar refractivity (Wildman–Crippen MR) is 78.8 cm³/mol. The molecule has 2 saturated heterocycles. The highest BCUT2D eigenvalue weighted by molar-refractivity contribution is 7.84. The van der Waals surface area contributed by atoms with Gasteiger partial charge in [-0.3, -0.25) is 9.08 Å². The smallest absolute Gasteiger partial charge is 0.293 e. The third-order valence-corrected chi connectivity index (χ3v) is 6.42. The zero-order chi connectivity index (χ0) is 14.4. The van der Waals surface area contributed by atoms with Crippen LogP contribution in [-0.4, -0.2) is 48.9 Å². The van der Waals surface area contributed by atoms with E-state index in [4.69, 9.17) is 4.18 Å². The van der Waals surface area contributed by atoms with Crippen molar-refractivity contribution in [3.8, 4) is 0 Å². The van der Waals surface area contributed by atoms with Gasteiger partial charge in [0.25, 0.3) is 0 Å². The summed E-state index contributed by atoms with van der Waals surface area (Å²) in [5.74, 6) is 0. The summed E-state index contributed by atoms with van der Waals surface area (Å²) in [4.78, 5) is 2.44. The van der Waals surface area contributed by atoms with Crippen LogP contribution in [0.3, 0.4) is 0 Å². The van der Waals surface area contributed by atoms with Crippen LogP contribution in [0, 0.1) is 0 Å². The maximum absolute atomic E-state index is 12.1. The van der Waals surface area contributed by atoms with Crippen LogP contribution in [0.2, 0.25) is 0 Å². The zero-order valence-electron chi connectivity index (χ0n) is 11.9. The van der Waals surface area contributed by atoms with Gasteiger partial charge in [0.1, 0.15) is 0 Å². The molecule has 1 aliphatic carbocycles. The van der Waals surface area contributed by atoms with Gasteiger partial charge < -0.3 is 0 Å². The average Bonchev–Trinajstić information content (AvgIpc) is 2.75. The SMILES string of the molecule is O=S1(=O)OC2CCCC3C2N1CCN3Cc1ccccc1. The number of rotatable bonds is 2. The van der Waals surface area contributed by atoms with Crippen molar-refractivity contribution in [2.24, 2.45) is 0 Å². The van der Waals surface area contributed by atoms with Crippen LogP contribution in [0.15, 0.2) is 30.3 Å². The minimum Gasteiger partial charge on any atom is -0.293 e. The number of nitrogens with zero attached hydrogens (tertiary/aromatic N) is 2. The average molecular weight is 308 g/mol. The lowest BCUT2D eigenvalue weighted by molar-refractivity contribution is 0.00869. The zero-order valence-corrected chi connectivity index (χ0v) is 12.7. The van der Waals surface area contributed by atoms with Gasteiger partial charge in [0, 0.05) is 25.7 Å². The summed E-state index contributed by atoms with van der Waals surface area (Å²) in [5.41, 5.74) is 1.29. The molecule has 114 valence electrons. The highest BCUT2D eigenvalue weighted by Crippen LogP contribution is 2.40.